The average molecular weight is 325 g/mol. The third-order valence-electron chi connectivity index (χ3n) is 4.99. The Bertz CT molecular complexity index is 572. The molecule has 0 aliphatic carbocycles. The number of aromatic nitrogens is 2. The molecule has 0 bridgehead atoms. The van der Waals surface area contributed by atoms with Gasteiger partial charge in [0.15, 0.2) is 0 Å². The van der Waals surface area contributed by atoms with Gasteiger partial charge in [-0.15, -0.1) is 0 Å². The van der Waals surface area contributed by atoms with Crippen molar-refractivity contribution in [2.45, 2.75) is 57.7 Å². The second kappa shape index (κ2) is 5.38. The normalized spacial score (nSPS) is 25.7. The van der Waals surface area contributed by atoms with Crippen LogP contribution in [0, 0.1) is 0 Å². The van der Waals surface area contributed by atoms with Crippen molar-refractivity contribution in [3.8, 4) is 0 Å². The quantitative estimate of drug-likeness (QED) is 0.779. The highest BCUT2D eigenvalue weighted by Gasteiger charge is 2.52. The van der Waals surface area contributed by atoms with Crippen LogP contribution in [0.1, 0.15) is 40.5 Å². The molecule has 2 aliphatic rings. The van der Waals surface area contributed by atoms with Crippen LogP contribution in [0.2, 0.25) is 0 Å². The van der Waals surface area contributed by atoms with Crippen molar-refractivity contribution < 1.29 is 18.1 Å². The summed E-state index contributed by atoms with van der Waals surface area (Å²) in [7, 11) is -0.576. The first-order valence-electron chi connectivity index (χ1n) is 7.90. The fourth-order valence-corrected chi connectivity index (χ4v) is 2.69. The Morgan fingerprint density at radius 2 is 1.61 bits per heavy atom. The number of alkyl halides is 2. The summed E-state index contributed by atoms with van der Waals surface area (Å²) in [6.45, 7) is 8.47. The van der Waals surface area contributed by atoms with Gasteiger partial charge in [-0.3, -0.25) is 0 Å². The second-order valence-electron chi connectivity index (χ2n) is 7.23. The first-order valence-corrected chi connectivity index (χ1v) is 7.90. The molecule has 1 aromatic rings. The molecule has 0 aromatic carbocycles. The van der Waals surface area contributed by atoms with Gasteiger partial charge in [-0.1, -0.05) is 0 Å². The summed E-state index contributed by atoms with van der Waals surface area (Å²) in [5, 5.41) is 0. The van der Waals surface area contributed by atoms with Crippen molar-refractivity contribution >= 4 is 18.5 Å². The van der Waals surface area contributed by atoms with Gasteiger partial charge in [0.2, 0.25) is 0 Å². The van der Waals surface area contributed by atoms with Gasteiger partial charge in [-0.05, 0) is 33.8 Å². The first kappa shape index (κ1) is 16.6. The van der Waals surface area contributed by atoms with Crippen molar-refractivity contribution in [1.29, 1.82) is 0 Å². The lowest BCUT2D eigenvalue weighted by Crippen LogP contribution is -2.41. The minimum Gasteiger partial charge on any atom is -0.398 e. The van der Waals surface area contributed by atoms with E-state index in [2.05, 4.69) is 9.97 Å². The fraction of sp³-hybridized carbons (Fsp3) is 0.733. The molecule has 0 atom stereocenters. The maximum Gasteiger partial charge on any atom is 0.514 e. The van der Waals surface area contributed by atoms with Crippen LogP contribution in [0.5, 0.6) is 0 Å². The van der Waals surface area contributed by atoms with Gasteiger partial charge < -0.3 is 14.2 Å². The summed E-state index contributed by atoms with van der Waals surface area (Å²) in [6, 6.07) is 1.77. The van der Waals surface area contributed by atoms with Crippen LogP contribution < -0.4 is 10.5 Å². The van der Waals surface area contributed by atoms with Gasteiger partial charge >= 0.3 is 7.12 Å². The van der Waals surface area contributed by atoms with E-state index < -0.39 is 24.2 Å². The summed E-state index contributed by atoms with van der Waals surface area (Å²) in [6.07, 6.45) is 1.13. The molecule has 1 aromatic heterocycles. The number of halogens is 2. The summed E-state index contributed by atoms with van der Waals surface area (Å²) < 4.78 is 38.5. The molecule has 126 valence electrons. The van der Waals surface area contributed by atoms with E-state index in [-0.39, 0.29) is 25.9 Å². The Morgan fingerprint density at radius 1 is 1.04 bits per heavy atom. The molecular weight excluding hydrogens is 303 g/mol. The molecule has 8 heteroatoms. The smallest absolute Gasteiger partial charge is 0.398 e. The third-order valence-corrected chi connectivity index (χ3v) is 4.99. The first-order chi connectivity index (χ1) is 10.6. The fourth-order valence-electron chi connectivity index (χ4n) is 2.69. The van der Waals surface area contributed by atoms with E-state index in [1.165, 1.54) is 6.33 Å². The van der Waals surface area contributed by atoms with Crippen LogP contribution in [-0.4, -0.2) is 47.3 Å². The van der Waals surface area contributed by atoms with Crippen molar-refractivity contribution in [1.82, 2.24) is 9.97 Å². The SMILES string of the molecule is CC1(C)OB(c2cc(N3CCC(F)(F)CC3)ncn2)OC1(C)C. The molecule has 2 aliphatic heterocycles. The van der Waals surface area contributed by atoms with Gasteiger partial charge in [-0.25, -0.2) is 18.7 Å². The molecule has 3 rings (SSSR count). The maximum atomic E-state index is 13.3. The van der Waals surface area contributed by atoms with Gasteiger partial charge in [0.05, 0.1) is 16.8 Å². The largest absolute Gasteiger partial charge is 0.514 e. The zero-order chi connectivity index (χ0) is 16.9. The minimum absolute atomic E-state index is 0.150. The number of hydrogen-bond donors (Lipinski definition) is 0. The number of hydrogen-bond acceptors (Lipinski definition) is 5. The number of anilines is 1. The van der Waals surface area contributed by atoms with Gasteiger partial charge in [0, 0.05) is 25.9 Å². The van der Waals surface area contributed by atoms with Crippen LogP contribution >= 0.6 is 0 Å². The van der Waals surface area contributed by atoms with Crippen LogP contribution in [0.3, 0.4) is 0 Å². The molecule has 2 fully saturated rings. The van der Waals surface area contributed by atoms with E-state index in [4.69, 9.17) is 9.31 Å². The van der Waals surface area contributed by atoms with Crippen LogP contribution in [0.4, 0.5) is 14.6 Å². The highest BCUT2D eigenvalue weighted by molar-refractivity contribution is 6.61. The monoisotopic (exact) mass is 325 g/mol. The Hall–Kier alpha value is -1.28. The second-order valence-corrected chi connectivity index (χ2v) is 7.23. The van der Waals surface area contributed by atoms with Crippen LogP contribution in [0.15, 0.2) is 12.4 Å². The number of piperidine rings is 1. The molecule has 0 amide bonds. The third kappa shape index (κ3) is 3.19. The number of rotatable bonds is 2. The van der Waals surface area contributed by atoms with Crippen LogP contribution in [-0.2, 0) is 9.31 Å². The van der Waals surface area contributed by atoms with E-state index >= 15 is 0 Å². The molecule has 0 unspecified atom stereocenters. The predicted molar refractivity (Wildman–Crippen MR) is 84.1 cm³/mol. The van der Waals surface area contributed by atoms with Crippen molar-refractivity contribution in [2.75, 3.05) is 18.0 Å². The zero-order valence-corrected chi connectivity index (χ0v) is 14.0. The lowest BCUT2D eigenvalue weighted by Gasteiger charge is -2.32. The van der Waals surface area contributed by atoms with E-state index in [9.17, 15) is 8.78 Å². The minimum atomic E-state index is -2.57. The number of nitrogens with zero attached hydrogens (tertiary/aromatic N) is 3. The predicted octanol–water partition coefficient (Wildman–Crippen LogP) is 2.01. The summed E-state index contributed by atoms with van der Waals surface area (Å²) >= 11 is 0. The van der Waals surface area contributed by atoms with E-state index in [0.29, 0.717) is 11.4 Å². The molecule has 5 nitrogen and oxygen atoms in total. The molecule has 3 heterocycles. The highest BCUT2D eigenvalue weighted by atomic mass is 19.3. The zero-order valence-electron chi connectivity index (χ0n) is 14.0. The van der Waals surface area contributed by atoms with Crippen molar-refractivity contribution in [3.63, 3.8) is 0 Å². The summed E-state index contributed by atoms with van der Waals surface area (Å²) in [4.78, 5) is 10.3. The van der Waals surface area contributed by atoms with E-state index in [1.54, 1.807) is 6.07 Å². The Labute approximate surface area is 135 Å². The van der Waals surface area contributed by atoms with Crippen LogP contribution in [0.25, 0.3) is 0 Å². The van der Waals surface area contributed by atoms with E-state index in [0.717, 1.165) is 0 Å². The lowest BCUT2D eigenvalue weighted by atomic mass is 9.84. The van der Waals surface area contributed by atoms with Gasteiger partial charge in [0.25, 0.3) is 5.92 Å². The Kier molecular flexibility index (Phi) is 3.88. The molecule has 23 heavy (non-hydrogen) atoms. The molecule has 2 saturated heterocycles. The molecule has 0 N–H and O–H groups in total. The van der Waals surface area contributed by atoms with E-state index in [1.807, 2.05) is 32.6 Å². The van der Waals surface area contributed by atoms with Crippen molar-refractivity contribution in [2.24, 2.45) is 0 Å². The van der Waals surface area contributed by atoms with Crippen molar-refractivity contribution in [3.05, 3.63) is 12.4 Å². The molecular formula is C15H22BF2N3O2. The molecule has 0 spiro atoms. The standard InChI is InChI=1S/C15H22BF2N3O2/c1-13(2)14(3,4)23-16(22-13)11-9-12(20-10-19-11)21-7-5-15(17,18)6-8-21/h9-10H,5-8H2,1-4H3. The topological polar surface area (TPSA) is 47.5 Å². The highest BCUT2D eigenvalue weighted by Crippen LogP contribution is 2.36. The summed E-state index contributed by atoms with van der Waals surface area (Å²) in [5.74, 6) is -1.93. The Morgan fingerprint density at radius 3 is 2.17 bits per heavy atom. The molecule has 0 radical (unpaired) electrons. The molecule has 0 saturated carbocycles. The van der Waals surface area contributed by atoms with Gasteiger partial charge in [0.1, 0.15) is 12.1 Å². The summed E-state index contributed by atoms with van der Waals surface area (Å²) in [5.41, 5.74) is -0.280. The Balaban J connectivity index is 1.77. The van der Waals surface area contributed by atoms with Gasteiger partial charge in [-0.2, -0.15) is 0 Å². The maximum absolute atomic E-state index is 13.3. The average Bonchev–Trinajstić information content (AvgIpc) is 2.68. The lowest BCUT2D eigenvalue weighted by molar-refractivity contribution is -0.0221.